The minimum Gasteiger partial charge on any atom is -0.380 e. The van der Waals surface area contributed by atoms with Crippen LogP contribution in [0.3, 0.4) is 0 Å². The lowest BCUT2D eigenvalue weighted by Gasteiger charge is -2.21. The molecule has 1 heteroatoms. The fourth-order valence-corrected chi connectivity index (χ4v) is 3.13. The van der Waals surface area contributed by atoms with Gasteiger partial charge in [0.2, 0.25) is 0 Å². The second kappa shape index (κ2) is 5.70. The van der Waals surface area contributed by atoms with Crippen LogP contribution in [0.5, 0.6) is 0 Å². The molecule has 2 aliphatic rings. The third-order valence-corrected chi connectivity index (χ3v) is 4.41. The van der Waals surface area contributed by atoms with Crippen molar-refractivity contribution < 1.29 is 0 Å². The summed E-state index contributed by atoms with van der Waals surface area (Å²) in [5.74, 6) is 0. The molecule has 1 nitrogen and oxygen atoms in total. The molecule has 1 aromatic rings. The monoisotopic (exact) mass is 265 g/mol. The van der Waals surface area contributed by atoms with Crippen molar-refractivity contribution in [3.63, 3.8) is 0 Å². The fraction of sp³-hybridized carbons (Fsp3) is 0.368. The Morgan fingerprint density at radius 2 is 1.85 bits per heavy atom. The highest BCUT2D eigenvalue weighted by atomic mass is 15.1. The van der Waals surface area contributed by atoms with Crippen LogP contribution in [0.4, 0.5) is 0 Å². The molecule has 20 heavy (non-hydrogen) atoms. The highest BCUT2D eigenvalue weighted by Gasteiger charge is 2.13. The summed E-state index contributed by atoms with van der Waals surface area (Å²) in [6.07, 6.45) is 12.7. The van der Waals surface area contributed by atoms with E-state index in [2.05, 4.69) is 55.1 Å². The molecule has 0 saturated heterocycles. The Hall–Kier alpha value is -1.76. The molecule has 0 fully saturated rings. The van der Waals surface area contributed by atoms with E-state index in [1.807, 2.05) is 0 Å². The maximum Gasteiger partial charge on any atom is 0.0209 e. The van der Waals surface area contributed by atoms with Gasteiger partial charge in [-0.2, -0.15) is 0 Å². The number of hydrogen-bond donors (Lipinski definition) is 0. The summed E-state index contributed by atoms with van der Waals surface area (Å²) < 4.78 is 0. The van der Waals surface area contributed by atoms with Gasteiger partial charge in [-0.3, -0.25) is 0 Å². The van der Waals surface area contributed by atoms with Gasteiger partial charge in [0, 0.05) is 13.6 Å². The van der Waals surface area contributed by atoms with E-state index in [1.54, 1.807) is 11.1 Å². The molecule has 0 spiro atoms. The summed E-state index contributed by atoms with van der Waals surface area (Å²) in [4.78, 5) is 2.21. The number of benzene rings is 1. The maximum atomic E-state index is 4.29. The molecule has 0 atom stereocenters. The van der Waals surface area contributed by atoms with E-state index in [0.29, 0.717) is 0 Å². The first-order chi connectivity index (χ1) is 9.74. The van der Waals surface area contributed by atoms with Crippen LogP contribution in [-0.2, 0) is 12.8 Å². The normalized spacial score (nSPS) is 20.8. The minimum atomic E-state index is 1.03. The van der Waals surface area contributed by atoms with Crippen LogP contribution in [0.15, 0.2) is 48.7 Å². The molecular formula is C19H23N. The van der Waals surface area contributed by atoms with Crippen LogP contribution in [-0.4, -0.2) is 18.5 Å². The van der Waals surface area contributed by atoms with E-state index in [1.165, 1.54) is 42.4 Å². The van der Waals surface area contributed by atoms with Crippen molar-refractivity contribution in [1.82, 2.24) is 4.90 Å². The quantitative estimate of drug-likeness (QED) is 0.729. The summed E-state index contributed by atoms with van der Waals surface area (Å²) >= 11 is 0. The molecule has 3 rings (SSSR count). The Morgan fingerprint density at radius 1 is 1.05 bits per heavy atom. The minimum absolute atomic E-state index is 1.03. The van der Waals surface area contributed by atoms with Gasteiger partial charge in [0.25, 0.3) is 0 Å². The second-order valence-corrected chi connectivity index (χ2v) is 5.95. The van der Waals surface area contributed by atoms with Crippen LogP contribution >= 0.6 is 0 Å². The van der Waals surface area contributed by atoms with E-state index < -0.39 is 0 Å². The van der Waals surface area contributed by atoms with Gasteiger partial charge in [-0.15, -0.1) is 0 Å². The predicted molar refractivity (Wildman–Crippen MR) is 86.6 cm³/mol. The zero-order valence-corrected chi connectivity index (χ0v) is 12.4. The summed E-state index contributed by atoms with van der Waals surface area (Å²) in [6.45, 7) is 5.33. The zero-order valence-electron chi connectivity index (χ0n) is 12.4. The average molecular weight is 265 g/mol. The molecule has 0 radical (unpaired) electrons. The lowest BCUT2D eigenvalue weighted by atomic mass is 9.87. The number of allylic oxidation sites excluding steroid dienone is 3. The van der Waals surface area contributed by atoms with Gasteiger partial charge >= 0.3 is 0 Å². The first kappa shape index (κ1) is 13.2. The van der Waals surface area contributed by atoms with E-state index in [-0.39, 0.29) is 0 Å². The van der Waals surface area contributed by atoms with Gasteiger partial charge in [0.1, 0.15) is 0 Å². The van der Waals surface area contributed by atoms with E-state index in [4.69, 9.17) is 0 Å². The van der Waals surface area contributed by atoms with Crippen LogP contribution < -0.4 is 0 Å². The third-order valence-electron chi connectivity index (χ3n) is 4.41. The molecule has 0 N–H and O–H groups in total. The zero-order chi connectivity index (χ0) is 13.9. The maximum absolute atomic E-state index is 4.29. The summed E-state index contributed by atoms with van der Waals surface area (Å²) in [5, 5.41) is 0. The van der Waals surface area contributed by atoms with E-state index in [0.717, 1.165) is 13.0 Å². The molecule has 0 saturated carbocycles. The lowest BCUT2D eigenvalue weighted by molar-refractivity contribution is 0.461. The van der Waals surface area contributed by atoms with Crippen molar-refractivity contribution in [2.75, 3.05) is 13.6 Å². The van der Waals surface area contributed by atoms with Gasteiger partial charge in [-0.25, -0.2) is 0 Å². The predicted octanol–water partition coefficient (Wildman–Crippen LogP) is 4.35. The van der Waals surface area contributed by atoms with Crippen molar-refractivity contribution in [1.29, 1.82) is 0 Å². The highest BCUT2D eigenvalue weighted by Crippen LogP contribution is 2.30. The average Bonchev–Trinajstić information content (AvgIpc) is 2.47. The second-order valence-electron chi connectivity index (χ2n) is 5.95. The Balaban J connectivity index is 1.96. The van der Waals surface area contributed by atoms with Crippen LogP contribution in [0.1, 0.15) is 36.0 Å². The Labute approximate surface area is 122 Å². The highest BCUT2D eigenvalue weighted by molar-refractivity contribution is 5.80. The van der Waals surface area contributed by atoms with Crippen LogP contribution in [0, 0.1) is 0 Å². The molecule has 0 amide bonds. The Bertz CT molecular complexity index is 577. The third kappa shape index (κ3) is 2.72. The number of nitrogens with zero attached hydrogens (tertiary/aromatic N) is 1. The molecule has 1 heterocycles. The van der Waals surface area contributed by atoms with Crippen molar-refractivity contribution >= 4 is 5.57 Å². The molecule has 0 bridgehead atoms. The lowest BCUT2D eigenvalue weighted by Crippen LogP contribution is -2.14. The largest absolute Gasteiger partial charge is 0.380 e. The van der Waals surface area contributed by atoms with Gasteiger partial charge in [-0.05, 0) is 72.2 Å². The number of fused-ring (bicyclic) bond motifs is 1. The Morgan fingerprint density at radius 3 is 2.70 bits per heavy atom. The van der Waals surface area contributed by atoms with Gasteiger partial charge in [0.15, 0.2) is 0 Å². The first-order valence-electron chi connectivity index (χ1n) is 7.63. The SMILES string of the molecule is C=C1CCN(C)/C=C\C=C1c1ccc2c(c1)CCCC2. The molecular weight excluding hydrogens is 242 g/mol. The molecule has 1 aromatic carbocycles. The summed E-state index contributed by atoms with van der Waals surface area (Å²) in [5.41, 5.74) is 6.99. The molecule has 104 valence electrons. The topological polar surface area (TPSA) is 3.24 Å². The van der Waals surface area contributed by atoms with Crippen molar-refractivity contribution in [2.45, 2.75) is 32.1 Å². The number of aryl methyl sites for hydroxylation is 2. The molecule has 0 unspecified atom stereocenters. The van der Waals surface area contributed by atoms with E-state index >= 15 is 0 Å². The standard InChI is InChI=1S/C19H23N/c1-15-11-13-20(2)12-5-8-19(15)18-10-9-16-6-3-4-7-17(16)14-18/h5,8-10,12,14H,1,3-4,6-7,11,13H2,2H3/b12-5-,19-8?. The van der Waals surface area contributed by atoms with Gasteiger partial charge in [0.05, 0.1) is 0 Å². The van der Waals surface area contributed by atoms with Crippen LogP contribution in [0.2, 0.25) is 0 Å². The fourth-order valence-electron chi connectivity index (χ4n) is 3.13. The molecule has 1 aliphatic heterocycles. The smallest absolute Gasteiger partial charge is 0.0209 e. The molecule has 1 aliphatic carbocycles. The van der Waals surface area contributed by atoms with Crippen molar-refractivity contribution in [2.24, 2.45) is 0 Å². The number of rotatable bonds is 1. The molecule has 0 aromatic heterocycles. The van der Waals surface area contributed by atoms with Gasteiger partial charge < -0.3 is 4.90 Å². The first-order valence-corrected chi connectivity index (χ1v) is 7.63. The van der Waals surface area contributed by atoms with Gasteiger partial charge in [-0.1, -0.05) is 30.9 Å². The van der Waals surface area contributed by atoms with Crippen molar-refractivity contribution in [3.8, 4) is 0 Å². The van der Waals surface area contributed by atoms with Crippen LogP contribution in [0.25, 0.3) is 5.57 Å². The summed E-state index contributed by atoms with van der Waals surface area (Å²) in [7, 11) is 2.11. The Kier molecular flexibility index (Phi) is 3.77. The number of hydrogen-bond acceptors (Lipinski definition) is 1. The summed E-state index contributed by atoms with van der Waals surface area (Å²) in [6, 6.07) is 7.00. The van der Waals surface area contributed by atoms with E-state index in [9.17, 15) is 0 Å². The van der Waals surface area contributed by atoms with Crippen molar-refractivity contribution in [3.05, 3.63) is 65.4 Å².